The quantitative estimate of drug-likeness (QED) is 0.672. The number of nitrogens with zero attached hydrogens (tertiary/aromatic N) is 2. The van der Waals surface area contributed by atoms with Gasteiger partial charge in [0.15, 0.2) is 0 Å². The van der Waals surface area contributed by atoms with Crippen molar-refractivity contribution >= 4 is 15.9 Å². The summed E-state index contributed by atoms with van der Waals surface area (Å²) in [5.41, 5.74) is 1.10. The van der Waals surface area contributed by atoms with Gasteiger partial charge in [-0.15, -0.1) is 0 Å². The molecule has 2 aromatic carbocycles. The first-order chi connectivity index (χ1) is 14.4. The number of benzene rings is 2. The van der Waals surface area contributed by atoms with Crippen molar-refractivity contribution in [2.45, 2.75) is 37.6 Å². The smallest absolute Gasteiger partial charge is 0.243 e. The summed E-state index contributed by atoms with van der Waals surface area (Å²) in [6, 6.07) is 16.4. The average Bonchev–Trinajstić information content (AvgIpc) is 2.80. The maximum absolute atomic E-state index is 13.2. The molecular weight excluding hydrogens is 400 g/mol. The number of hydrogen-bond donors (Lipinski definition) is 0. The number of amides is 1. The number of ether oxygens (including phenoxy) is 1. The zero-order chi connectivity index (χ0) is 21.7. The molecule has 1 fully saturated rings. The maximum atomic E-state index is 13.2. The first-order valence-corrected chi connectivity index (χ1v) is 11.8. The molecule has 0 saturated carbocycles. The molecule has 0 radical (unpaired) electrons. The number of piperidine rings is 1. The molecule has 162 valence electrons. The standard InChI is InChI=1S/C23H30N2O4S/c1-4-25(18(2)19-8-6-5-7-9-19)23(26)20-14-16-24(17-15-20)30(27,28)22-12-10-21(29-3)11-13-22/h5-13,18,20H,4,14-17H2,1-3H3/t18-/m0/s1. The zero-order valence-electron chi connectivity index (χ0n) is 17.8. The lowest BCUT2D eigenvalue weighted by atomic mass is 9.95. The van der Waals surface area contributed by atoms with E-state index in [2.05, 4.69) is 0 Å². The molecule has 6 nitrogen and oxygen atoms in total. The van der Waals surface area contributed by atoms with Crippen LogP contribution in [0.2, 0.25) is 0 Å². The molecular formula is C23H30N2O4S. The Balaban J connectivity index is 1.65. The van der Waals surface area contributed by atoms with Crippen molar-refractivity contribution in [3.8, 4) is 5.75 Å². The van der Waals surface area contributed by atoms with Crippen LogP contribution in [0.15, 0.2) is 59.5 Å². The van der Waals surface area contributed by atoms with Crippen LogP contribution in [0.3, 0.4) is 0 Å². The van der Waals surface area contributed by atoms with Crippen molar-refractivity contribution < 1.29 is 17.9 Å². The summed E-state index contributed by atoms with van der Waals surface area (Å²) >= 11 is 0. The van der Waals surface area contributed by atoms with E-state index in [1.54, 1.807) is 31.4 Å². The summed E-state index contributed by atoms with van der Waals surface area (Å²) in [7, 11) is -2.02. The van der Waals surface area contributed by atoms with Crippen molar-refractivity contribution in [3.63, 3.8) is 0 Å². The predicted molar refractivity (Wildman–Crippen MR) is 117 cm³/mol. The molecule has 0 aliphatic carbocycles. The van der Waals surface area contributed by atoms with Gasteiger partial charge in [0.1, 0.15) is 5.75 Å². The molecule has 1 atom stereocenters. The molecule has 1 aliphatic heterocycles. The normalized spacial score (nSPS) is 16.8. The van der Waals surface area contributed by atoms with Gasteiger partial charge >= 0.3 is 0 Å². The highest BCUT2D eigenvalue weighted by atomic mass is 32.2. The van der Waals surface area contributed by atoms with Gasteiger partial charge in [0.25, 0.3) is 0 Å². The average molecular weight is 431 g/mol. The fourth-order valence-corrected chi connectivity index (χ4v) is 5.48. The summed E-state index contributed by atoms with van der Waals surface area (Å²) in [5, 5.41) is 0. The molecule has 0 spiro atoms. The minimum Gasteiger partial charge on any atom is -0.497 e. The number of methoxy groups -OCH3 is 1. The predicted octanol–water partition coefficient (Wildman–Crippen LogP) is 3.71. The van der Waals surface area contributed by atoms with Crippen molar-refractivity contribution in [1.29, 1.82) is 0 Å². The van der Waals surface area contributed by atoms with Gasteiger partial charge in [0.05, 0.1) is 18.0 Å². The summed E-state index contributed by atoms with van der Waals surface area (Å²) in [4.78, 5) is 15.3. The molecule has 1 aliphatic rings. The van der Waals surface area contributed by atoms with E-state index in [1.165, 1.54) is 4.31 Å². The maximum Gasteiger partial charge on any atom is 0.243 e. The van der Waals surface area contributed by atoms with Gasteiger partial charge in [-0.1, -0.05) is 30.3 Å². The highest BCUT2D eigenvalue weighted by Crippen LogP contribution is 2.29. The molecule has 1 saturated heterocycles. The van der Waals surface area contributed by atoms with Crippen molar-refractivity contribution in [1.82, 2.24) is 9.21 Å². The number of hydrogen-bond acceptors (Lipinski definition) is 4. The third kappa shape index (κ3) is 4.68. The minimum atomic E-state index is -3.57. The molecule has 1 heterocycles. The molecule has 0 aromatic heterocycles. The Morgan fingerprint density at radius 1 is 1.10 bits per heavy atom. The summed E-state index contributed by atoms with van der Waals surface area (Å²) in [6.07, 6.45) is 1.07. The van der Waals surface area contributed by atoms with Crippen LogP contribution < -0.4 is 4.74 Å². The van der Waals surface area contributed by atoms with Crippen molar-refractivity contribution in [2.75, 3.05) is 26.7 Å². The van der Waals surface area contributed by atoms with Gasteiger partial charge in [0.2, 0.25) is 15.9 Å². The summed E-state index contributed by atoms with van der Waals surface area (Å²) < 4.78 is 32.5. The monoisotopic (exact) mass is 430 g/mol. The topological polar surface area (TPSA) is 66.9 Å². The van der Waals surface area contributed by atoms with Gasteiger partial charge < -0.3 is 9.64 Å². The van der Waals surface area contributed by atoms with E-state index in [0.29, 0.717) is 38.2 Å². The van der Waals surface area contributed by atoms with Crippen LogP contribution in [-0.2, 0) is 14.8 Å². The molecule has 3 rings (SSSR count). The molecule has 2 aromatic rings. The SMILES string of the molecule is CCN(C(=O)C1CCN(S(=O)(=O)c2ccc(OC)cc2)CC1)[C@@H](C)c1ccccc1. The van der Waals surface area contributed by atoms with Crippen molar-refractivity contribution in [2.24, 2.45) is 5.92 Å². The number of carbonyl (C=O) groups is 1. The van der Waals surface area contributed by atoms with Crippen LogP contribution in [0.5, 0.6) is 5.75 Å². The van der Waals surface area contributed by atoms with Gasteiger partial charge in [-0.2, -0.15) is 4.31 Å². The highest BCUT2D eigenvalue weighted by molar-refractivity contribution is 7.89. The first kappa shape index (κ1) is 22.3. The fraction of sp³-hybridized carbons (Fsp3) is 0.435. The summed E-state index contributed by atoms with van der Waals surface area (Å²) in [6.45, 7) is 5.35. The van der Waals surface area contributed by atoms with Crippen LogP contribution in [0.1, 0.15) is 38.3 Å². The number of carbonyl (C=O) groups excluding carboxylic acids is 1. The van der Waals surface area contributed by atoms with E-state index in [-0.39, 0.29) is 22.8 Å². The Bertz CT molecular complexity index is 937. The van der Waals surface area contributed by atoms with E-state index in [9.17, 15) is 13.2 Å². The Hall–Kier alpha value is -2.38. The third-order valence-electron chi connectivity index (χ3n) is 5.87. The van der Waals surface area contributed by atoms with Crippen LogP contribution in [-0.4, -0.2) is 50.3 Å². The van der Waals surface area contributed by atoms with Crippen LogP contribution in [0, 0.1) is 5.92 Å². The first-order valence-electron chi connectivity index (χ1n) is 10.4. The van der Waals surface area contributed by atoms with Crippen LogP contribution >= 0.6 is 0 Å². The lowest BCUT2D eigenvalue weighted by molar-refractivity contribution is -0.138. The summed E-state index contributed by atoms with van der Waals surface area (Å²) in [5.74, 6) is 0.569. The van der Waals surface area contributed by atoms with E-state index in [0.717, 1.165) is 5.56 Å². The highest BCUT2D eigenvalue weighted by Gasteiger charge is 2.34. The Morgan fingerprint density at radius 2 is 1.70 bits per heavy atom. The van der Waals surface area contributed by atoms with Crippen molar-refractivity contribution in [3.05, 3.63) is 60.2 Å². The second-order valence-corrected chi connectivity index (χ2v) is 9.50. The van der Waals surface area contributed by atoms with Gasteiger partial charge in [-0.25, -0.2) is 8.42 Å². The van der Waals surface area contributed by atoms with Gasteiger partial charge in [0, 0.05) is 25.6 Å². The van der Waals surface area contributed by atoms with E-state index >= 15 is 0 Å². The van der Waals surface area contributed by atoms with Crippen LogP contribution in [0.25, 0.3) is 0 Å². The van der Waals surface area contributed by atoms with E-state index < -0.39 is 10.0 Å². The second-order valence-electron chi connectivity index (χ2n) is 7.56. The number of rotatable bonds is 7. The molecule has 0 N–H and O–H groups in total. The zero-order valence-corrected chi connectivity index (χ0v) is 18.6. The third-order valence-corrected chi connectivity index (χ3v) is 7.79. The Labute approximate surface area is 179 Å². The largest absolute Gasteiger partial charge is 0.497 e. The second kappa shape index (κ2) is 9.62. The fourth-order valence-electron chi connectivity index (χ4n) is 4.01. The lowest BCUT2D eigenvalue weighted by Crippen LogP contribution is -2.45. The van der Waals surface area contributed by atoms with Gasteiger partial charge in [-0.05, 0) is 56.5 Å². The lowest BCUT2D eigenvalue weighted by Gasteiger charge is -2.36. The molecule has 30 heavy (non-hydrogen) atoms. The molecule has 1 amide bonds. The number of sulfonamides is 1. The molecule has 7 heteroatoms. The molecule has 0 bridgehead atoms. The van der Waals surface area contributed by atoms with E-state index in [1.807, 2.05) is 49.1 Å². The van der Waals surface area contributed by atoms with E-state index in [4.69, 9.17) is 4.74 Å². The minimum absolute atomic E-state index is 0.00948. The molecule has 0 unspecified atom stereocenters. The Kier molecular flexibility index (Phi) is 7.15. The Morgan fingerprint density at radius 3 is 2.23 bits per heavy atom. The van der Waals surface area contributed by atoms with Gasteiger partial charge in [-0.3, -0.25) is 4.79 Å². The van der Waals surface area contributed by atoms with Crippen LogP contribution in [0.4, 0.5) is 0 Å².